The molecular formula is C45H40N10O21S8. The second kappa shape index (κ2) is 25.0. The number of aliphatic hydroxyl groups is 1. The lowest BCUT2D eigenvalue weighted by Crippen LogP contribution is -2.08. The highest BCUT2D eigenvalue weighted by atomic mass is 32.2. The van der Waals surface area contributed by atoms with Crippen molar-refractivity contribution in [2.45, 2.75) is 59.8 Å². The lowest BCUT2D eigenvalue weighted by Gasteiger charge is -2.12. The molecule has 39 heteroatoms. The van der Waals surface area contributed by atoms with Crippen LogP contribution in [0.2, 0.25) is 0 Å². The summed E-state index contributed by atoms with van der Waals surface area (Å²) >= 11 is 1.78. The molecule has 84 heavy (non-hydrogen) atoms. The Kier molecular flexibility index (Phi) is 19.1. The van der Waals surface area contributed by atoms with Crippen molar-refractivity contribution in [1.82, 2.24) is 14.4 Å². The minimum atomic E-state index is -4.92. The molecule has 0 saturated heterocycles. The molecular weight excluding hydrogens is 1270 g/mol. The molecule has 0 radical (unpaired) electrons. The number of rotatable bonds is 20. The number of nitriles is 1. The number of aryl methyl sites for hydroxylation is 2. The number of thiazole rings is 1. The SMILES string of the molecule is Cc1cc(S(=O)(=O)O)c2nc3c(C#N)c(C)c(N=Nc4cc(C)c(N=Nc5cc(CO)c(N=Nc6nc7c(S(=O)(=O)O)cc8ccc(S(=O)(=O)O)cc8c7s6)cc5SCCCS(=O)(=O)O)cc4OCCCS(=O)(=O)O)c(O)n3c2c1.O=S(=O)=O. The van der Waals surface area contributed by atoms with Crippen LogP contribution < -0.4 is 4.74 Å². The third kappa shape index (κ3) is 15.3. The molecule has 5 aromatic carbocycles. The normalized spacial score (nSPS) is 12.8. The van der Waals surface area contributed by atoms with Gasteiger partial charge in [-0.15, -0.1) is 50.0 Å². The van der Waals surface area contributed by atoms with Crippen LogP contribution in [0.15, 0.2) is 111 Å². The van der Waals surface area contributed by atoms with Crippen LogP contribution in [0.3, 0.4) is 0 Å². The van der Waals surface area contributed by atoms with Crippen molar-refractivity contribution < 1.29 is 92.4 Å². The van der Waals surface area contributed by atoms with Crippen molar-refractivity contribution >= 4 is 156 Å². The van der Waals surface area contributed by atoms with Crippen LogP contribution in [-0.4, -0.2) is 126 Å². The lowest BCUT2D eigenvalue weighted by atomic mass is 10.1. The molecule has 0 aliphatic carbocycles. The molecule has 0 aliphatic rings. The largest absolute Gasteiger partial charge is 0.493 e. The Morgan fingerprint density at radius 2 is 1.32 bits per heavy atom. The van der Waals surface area contributed by atoms with E-state index in [1.165, 1.54) is 50.2 Å². The van der Waals surface area contributed by atoms with Gasteiger partial charge in [0.2, 0.25) is 11.0 Å². The fraction of sp³-hybridized carbons (Fsp3) is 0.222. The van der Waals surface area contributed by atoms with Crippen LogP contribution in [0.25, 0.3) is 37.7 Å². The summed E-state index contributed by atoms with van der Waals surface area (Å²) in [6.45, 7) is 3.51. The summed E-state index contributed by atoms with van der Waals surface area (Å²) in [6, 6.07) is 14.5. The predicted octanol–water partition coefficient (Wildman–Crippen LogP) is 8.25. The maximum atomic E-state index is 12.5. The molecule has 0 spiro atoms. The number of pyridine rings is 1. The van der Waals surface area contributed by atoms with Crippen molar-refractivity contribution in [2.75, 3.05) is 23.9 Å². The molecule has 31 nitrogen and oxygen atoms in total. The van der Waals surface area contributed by atoms with E-state index in [4.69, 9.17) is 17.4 Å². The van der Waals surface area contributed by atoms with Crippen molar-refractivity contribution in [3.05, 3.63) is 88.5 Å². The van der Waals surface area contributed by atoms with Crippen molar-refractivity contribution in [3.63, 3.8) is 0 Å². The molecule has 0 unspecified atom stereocenters. The maximum absolute atomic E-state index is 12.5. The zero-order valence-corrected chi connectivity index (χ0v) is 49.3. The maximum Gasteiger partial charge on any atom is 0.425 e. The Morgan fingerprint density at radius 3 is 1.94 bits per heavy atom. The van der Waals surface area contributed by atoms with Crippen LogP contribution in [0.1, 0.15) is 40.7 Å². The van der Waals surface area contributed by atoms with Crippen molar-refractivity contribution in [2.24, 2.45) is 30.7 Å². The van der Waals surface area contributed by atoms with Gasteiger partial charge in [0.05, 0.1) is 56.9 Å². The molecule has 0 bridgehead atoms. The van der Waals surface area contributed by atoms with E-state index in [9.17, 15) is 80.3 Å². The van der Waals surface area contributed by atoms with Gasteiger partial charge in [0.15, 0.2) is 11.3 Å². The monoisotopic (exact) mass is 1310 g/mol. The average Bonchev–Trinajstić information content (AvgIpc) is 2.03. The van der Waals surface area contributed by atoms with E-state index in [2.05, 4.69) is 40.7 Å². The van der Waals surface area contributed by atoms with Gasteiger partial charge in [-0.25, -0.2) is 9.97 Å². The second-order valence-electron chi connectivity index (χ2n) is 17.5. The van der Waals surface area contributed by atoms with Gasteiger partial charge in [-0.1, -0.05) is 17.4 Å². The topological polar surface area (TPSA) is 501 Å². The fourth-order valence-electron chi connectivity index (χ4n) is 7.93. The van der Waals surface area contributed by atoms with Gasteiger partial charge in [0.1, 0.15) is 43.9 Å². The summed E-state index contributed by atoms with van der Waals surface area (Å²) in [5, 5.41) is 58.3. The number of thioether (sulfide) groups is 1. The third-order valence-corrected chi connectivity index (χ3v) is 17.9. The van der Waals surface area contributed by atoms with E-state index in [0.717, 1.165) is 51.8 Å². The van der Waals surface area contributed by atoms with Gasteiger partial charge in [-0.2, -0.15) is 52.5 Å². The van der Waals surface area contributed by atoms with E-state index in [0.29, 0.717) is 11.1 Å². The number of hydrogen-bond donors (Lipinski definition) is 7. The molecule has 7 N–H and O–H groups in total. The summed E-state index contributed by atoms with van der Waals surface area (Å²) in [6.07, 6.45) is -0.274. The summed E-state index contributed by atoms with van der Waals surface area (Å²) in [5.41, 5.74) is -0.191. The Bertz CT molecular complexity index is 4890. The first-order chi connectivity index (χ1) is 39.1. The molecule has 3 heterocycles. The minimum Gasteiger partial charge on any atom is -0.493 e. The number of imidazole rings is 1. The van der Waals surface area contributed by atoms with Gasteiger partial charge in [-0.05, 0) is 104 Å². The first-order valence-corrected chi connectivity index (χ1v) is 33.4. The fourth-order valence-corrected chi connectivity index (χ4v) is 13.0. The van der Waals surface area contributed by atoms with Crippen molar-refractivity contribution in [1.29, 1.82) is 5.26 Å². The zero-order valence-electron chi connectivity index (χ0n) is 42.8. The number of hydrogen-bond acceptors (Lipinski definition) is 27. The number of aliphatic hydroxyl groups excluding tert-OH is 1. The van der Waals surface area contributed by atoms with E-state index in [1.54, 1.807) is 6.92 Å². The van der Waals surface area contributed by atoms with E-state index in [1.807, 2.05) is 6.07 Å². The summed E-state index contributed by atoms with van der Waals surface area (Å²) in [4.78, 5) is 7.03. The van der Waals surface area contributed by atoms with E-state index >= 15 is 0 Å². The lowest BCUT2D eigenvalue weighted by molar-refractivity contribution is 0.282. The highest BCUT2D eigenvalue weighted by Gasteiger charge is 2.27. The third-order valence-electron chi connectivity index (χ3n) is 11.6. The number of ether oxygens (including phenoxy) is 1. The molecule has 0 fully saturated rings. The standard InChI is InChI=1S/C45H40N10O18S7.O3S/c1-22-12-34-40(37(13-22)79(67,68)69)47-43-29(20-46)24(3)39(44(57)55(34)43)53-51-32-14-23(2)30(18-35(32)73-8-4-10-76(58,59)60)49-52-33-15-26(21-56)31(19-36(33)74-9-5-11-77(61,62)63)50-54-45-48-41-38(80(70,71)72)16-25-6-7-27(78(64,65)66)17-28(25)42(41)75-45;1-4(2)3/h6-7,12-19,56-57H,4-5,8-11,21H2,1-3H3,(H,58,59,60)(H,61,62,63)(H,64,65,66)(H,67,68,69)(H,70,71,72);. The molecule has 0 saturated carbocycles. The molecule has 8 aromatic rings. The van der Waals surface area contributed by atoms with Crippen LogP contribution in [0, 0.1) is 32.1 Å². The molecule has 0 atom stereocenters. The number of aromatic nitrogens is 3. The van der Waals surface area contributed by atoms with Crippen LogP contribution in [0.5, 0.6) is 11.6 Å². The minimum absolute atomic E-state index is 0.00298. The number of nitrogens with zero attached hydrogens (tertiary/aromatic N) is 10. The predicted molar refractivity (Wildman–Crippen MR) is 299 cm³/mol. The Balaban J connectivity index is 0.00000245. The van der Waals surface area contributed by atoms with Gasteiger partial charge in [0, 0.05) is 27.5 Å². The molecule has 8 rings (SSSR count). The summed E-state index contributed by atoms with van der Waals surface area (Å²) in [5.74, 6) is -1.96. The average molecular weight is 1310 g/mol. The number of aromatic hydroxyl groups is 1. The van der Waals surface area contributed by atoms with Crippen LogP contribution in [0.4, 0.5) is 33.6 Å². The van der Waals surface area contributed by atoms with Crippen LogP contribution in [-0.2, 0) is 67.8 Å². The van der Waals surface area contributed by atoms with Gasteiger partial charge >= 0.3 is 10.6 Å². The van der Waals surface area contributed by atoms with Gasteiger partial charge in [-0.3, -0.25) is 27.2 Å². The first-order valence-electron chi connectivity index (χ1n) is 23.1. The Labute approximate surface area is 485 Å². The van der Waals surface area contributed by atoms with Gasteiger partial charge in [0.25, 0.3) is 50.6 Å². The molecule has 3 aromatic heterocycles. The second-order valence-corrected chi connectivity index (χ2v) is 27.4. The molecule has 444 valence electrons. The van der Waals surface area contributed by atoms with Gasteiger partial charge < -0.3 is 14.9 Å². The molecule has 0 aliphatic heterocycles. The van der Waals surface area contributed by atoms with E-state index < -0.39 is 99.9 Å². The zero-order chi connectivity index (χ0) is 62.0. The van der Waals surface area contributed by atoms with E-state index in [-0.39, 0.29) is 124 Å². The summed E-state index contributed by atoms with van der Waals surface area (Å²) < 4.78 is 201. The number of azo groups is 3. The highest BCUT2D eigenvalue weighted by molar-refractivity contribution is 7.99. The number of fused-ring (bicyclic) bond motifs is 6. The number of benzene rings is 5. The molecule has 0 amide bonds. The summed E-state index contributed by atoms with van der Waals surface area (Å²) in [7, 11) is -26.4. The Morgan fingerprint density at radius 1 is 0.702 bits per heavy atom. The first kappa shape index (κ1) is 64.1. The Hall–Kier alpha value is -7.43. The highest BCUT2D eigenvalue weighted by Crippen LogP contribution is 2.45. The van der Waals surface area contributed by atoms with Crippen LogP contribution >= 0.6 is 23.1 Å². The smallest absolute Gasteiger partial charge is 0.425 e. The quantitative estimate of drug-likeness (QED) is 0.0163. The van der Waals surface area contributed by atoms with Crippen molar-refractivity contribution in [3.8, 4) is 17.7 Å².